The van der Waals surface area contributed by atoms with Gasteiger partial charge in [-0.3, -0.25) is 4.90 Å². The Morgan fingerprint density at radius 3 is 2.67 bits per heavy atom. The molecular weight excluding hydrogens is 282 g/mol. The van der Waals surface area contributed by atoms with Gasteiger partial charge in [0.2, 0.25) is 10.0 Å². The molecule has 0 aromatic rings. The summed E-state index contributed by atoms with van der Waals surface area (Å²) >= 11 is 2.95. The molecule has 0 aromatic heterocycles. The van der Waals surface area contributed by atoms with Crippen LogP contribution in [0.5, 0.6) is 0 Å². The minimum atomic E-state index is -3.14. The highest BCUT2D eigenvalue weighted by Crippen LogP contribution is 2.05. The number of nitrogens with one attached hydrogen (secondary N) is 1. The second kappa shape index (κ2) is 5.58. The molecule has 1 saturated heterocycles. The Morgan fingerprint density at radius 1 is 1.40 bits per heavy atom. The number of piperazine rings is 1. The smallest absolute Gasteiger partial charge is 0.221 e. The Hall–Kier alpha value is 0.310. The van der Waals surface area contributed by atoms with Gasteiger partial charge in [-0.1, -0.05) is 15.9 Å². The zero-order chi connectivity index (χ0) is 11.5. The van der Waals surface area contributed by atoms with Crippen LogP contribution in [-0.4, -0.2) is 69.2 Å². The normalized spacial score (nSPS) is 25.7. The molecule has 0 radical (unpaired) electrons. The first kappa shape index (κ1) is 13.4. The van der Waals surface area contributed by atoms with Gasteiger partial charge < -0.3 is 4.90 Å². The summed E-state index contributed by atoms with van der Waals surface area (Å²) in [5.74, 6) is 0. The van der Waals surface area contributed by atoms with Crippen molar-refractivity contribution in [2.75, 3.05) is 44.9 Å². The van der Waals surface area contributed by atoms with Gasteiger partial charge in [0, 0.05) is 32.2 Å². The highest BCUT2D eigenvalue weighted by Gasteiger charge is 2.23. The maximum absolute atomic E-state index is 11.2. The van der Waals surface area contributed by atoms with Crippen molar-refractivity contribution in [2.24, 2.45) is 0 Å². The van der Waals surface area contributed by atoms with Crippen LogP contribution >= 0.6 is 15.9 Å². The first-order valence-corrected chi connectivity index (χ1v) is 7.64. The molecule has 0 spiro atoms. The Balaban J connectivity index is 2.43. The van der Waals surface area contributed by atoms with Crippen molar-refractivity contribution in [3.8, 4) is 0 Å². The highest BCUT2D eigenvalue weighted by molar-refractivity contribution is 9.10. The van der Waals surface area contributed by atoms with E-state index in [0.29, 0.717) is 6.54 Å². The highest BCUT2D eigenvalue weighted by atomic mass is 79.9. The average Bonchev–Trinajstić information content (AvgIpc) is 2.20. The van der Waals surface area contributed by atoms with Crippen molar-refractivity contribution in [3.63, 3.8) is 0 Å². The molecule has 1 fully saturated rings. The van der Waals surface area contributed by atoms with Crippen LogP contribution in [0.2, 0.25) is 0 Å². The molecule has 1 rings (SSSR count). The zero-order valence-corrected chi connectivity index (χ0v) is 11.5. The van der Waals surface area contributed by atoms with Gasteiger partial charge in [-0.15, -0.1) is 0 Å². The van der Waals surface area contributed by atoms with Gasteiger partial charge in [0.05, 0.1) is 0 Å². The Bertz CT molecular complexity index is 296. The van der Waals surface area contributed by atoms with Gasteiger partial charge in [-0.2, -0.15) is 0 Å². The molecule has 7 heteroatoms. The van der Waals surface area contributed by atoms with E-state index in [0.717, 1.165) is 19.6 Å². The van der Waals surface area contributed by atoms with Crippen LogP contribution in [0.15, 0.2) is 0 Å². The van der Waals surface area contributed by atoms with E-state index in [1.54, 1.807) is 0 Å². The van der Waals surface area contributed by atoms with Crippen LogP contribution in [0.25, 0.3) is 0 Å². The van der Waals surface area contributed by atoms with E-state index >= 15 is 0 Å². The van der Waals surface area contributed by atoms with E-state index in [-0.39, 0.29) is 10.7 Å². The largest absolute Gasteiger partial charge is 0.303 e. The van der Waals surface area contributed by atoms with Gasteiger partial charge in [-0.25, -0.2) is 13.1 Å². The molecule has 0 saturated carbocycles. The third-order valence-corrected chi connectivity index (χ3v) is 5.36. The zero-order valence-electron chi connectivity index (χ0n) is 9.11. The average molecular weight is 300 g/mol. The van der Waals surface area contributed by atoms with Gasteiger partial charge >= 0.3 is 0 Å². The summed E-state index contributed by atoms with van der Waals surface area (Å²) in [6, 6.07) is 0.262. The summed E-state index contributed by atoms with van der Waals surface area (Å²) in [6.07, 6.45) is 0. The first-order chi connectivity index (χ1) is 6.94. The number of nitrogens with zero attached hydrogens (tertiary/aromatic N) is 2. The van der Waals surface area contributed by atoms with Crippen molar-refractivity contribution < 1.29 is 8.42 Å². The van der Waals surface area contributed by atoms with E-state index in [1.165, 1.54) is 0 Å². The number of hydrogen-bond donors (Lipinski definition) is 1. The van der Waals surface area contributed by atoms with Crippen LogP contribution in [0, 0.1) is 0 Å². The molecule has 90 valence electrons. The van der Waals surface area contributed by atoms with Crippen molar-refractivity contribution >= 4 is 26.0 Å². The fraction of sp³-hybridized carbons (Fsp3) is 1.00. The van der Waals surface area contributed by atoms with E-state index in [1.807, 2.05) is 7.05 Å². The fourth-order valence-corrected chi connectivity index (χ4v) is 2.59. The number of likely N-dealkylation sites (N-methyl/N-ethyl adjacent to an activating group) is 2. The first-order valence-electron chi connectivity index (χ1n) is 4.86. The van der Waals surface area contributed by atoms with Crippen molar-refractivity contribution in [3.05, 3.63) is 0 Å². The van der Waals surface area contributed by atoms with Crippen molar-refractivity contribution in [1.82, 2.24) is 14.5 Å². The molecule has 1 aliphatic rings. The predicted octanol–water partition coefficient (Wildman–Crippen LogP) is -0.496. The Labute approximate surface area is 100.0 Å². The third-order valence-electron chi connectivity index (χ3n) is 2.66. The molecule has 1 atom stereocenters. The lowest BCUT2D eigenvalue weighted by atomic mass is 10.2. The summed E-state index contributed by atoms with van der Waals surface area (Å²) in [4.78, 5) is 4.41. The number of hydrogen-bond acceptors (Lipinski definition) is 4. The van der Waals surface area contributed by atoms with E-state index in [9.17, 15) is 8.42 Å². The van der Waals surface area contributed by atoms with Gasteiger partial charge in [0.25, 0.3) is 0 Å². The molecule has 0 bridgehead atoms. The molecule has 0 aromatic carbocycles. The third kappa shape index (κ3) is 4.36. The van der Waals surface area contributed by atoms with E-state index in [4.69, 9.17) is 0 Å². The maximum atomic E-state index is 11.2. The SMILES string of the molecule is CN1CCN(C)C(CNS(=O)(=O)CBr)C1. The van der Waals surface area contributed by atoms with Gasteiger partial charge in [0.15, 0.2) is 0 Å². The minimum absolute atomic E-state index is 0.0354. The van der Waals surface area contributed by atoms with Gasteiger partial charge in [-0.05, 0) is 14.1 Å². The molecule has 0 amide bonds. The lowest BCUT2D eigenvalue weighted by Crippen LogP contribution is -2.54. The topological polar surface area (TPSA) is 52.6 Å². The summed E-state index contributed by atoms with van der Waals surface area (Å²) in [5, 5.41) is 0. The number of rotatable bonds is 4. The summed E-state index contributed by atoms with van der Waals surface area (Å²) < 4.78 is 25.0. The molecular formula is C8H18BrN3O2S. The summed E-state index contributed by atoms with van der Waals surface area (Å²) in [7, 11) is 0.944. The van der Waals surface area contributed by atoms with E-state index < -0.39 is 10.0 Å². The molecule has 1 heterocycles. The molecule has 1 unspecified atom stereocenters. The van der Waals surface area contributed by atoms with Crippen LogP contribution in [-0.2, 0) is 10.0 Å². The Morgan fingerprint density at radius 2 is 2.07 bits per heavy atom. The molecule has 5 nitrogen and oxygen atoms in total. The van der Waals surface area contributed by atoms with Crippen LogP contribution in [0.1, 0.15) is 0 Å². The number of sulfonamides is 1. The van der Waals surface area contributed by atoms with Crippen LogP contribution in [0.4, 0.5) is 0 Å². The predicted molar refractivity (Wildman–Crippen MR) is 64.6 cm³/mol. The molecule has 1 aliphatic heterocycles. The Kier molecular flexibility index (Phi) is 4.98. The molecule has 0 aliphatic carbocycles. The fourth-order valence-electron chi connectivity index (χ4n) is 1.58. The van der Waals surface area contributed by atoms with Gasteiger partial charge in [0.1, 0.15) is 4.66 Å². The number of halogens is 1. The molecule has 15 heavy (non-hydrogen) atoms. The second-order valence-corrected chi connectivity index (χ2v) is 7.08. The number of alkyl halides is 1. The second-order valence-electron chi connectivity index (χ2n) is 3.97. The quantitative estimate of drug-likeness (QED) is 0.712. The summed E-state index contributed by atoms with van der Waals surface area (Å²) in [6.45, 7) is 3.41. The minimum Gasteiger partial charge on any atom is -0.303 e. The summed E-state index contributed by atoms with van der Waals surface area (Å²) in [5.41, 5.74) is 0. The lowest BCUT2D eigenvalue weighted by molar-refractivity contribution is 0.117. The molecule has 1 N–H and O–H groups in total. The van der Waals surface area contributed by atoms with Crippen molar-refractivity contribution in [1.29, 1.82) is 0 Å². The lowest BCUT2D eigenvalue weighted by Gasteiger charge is -2.37. The van der Waals surface area contributed by atoms with Crippen molar-refractivity contribution in [2.45, 2.75) is 6.04 Å². The van der Waals surface area contributed by atoms with E-state index in [2.05, 4.69) is 37.5 Å². The van der Waals surface area contributed by atoms with Crippen LogP contribution < -0.4 is 4.72 Å². The maximum Gasteiger partial charge on any atom is 0.221 e. The van der Waals surface area contributed by atoms with Crippen LogP contribution in [0.3, 0.4) is 0 Å². The standard InChI is InChI=1S/C8H18BrN3O2S/c1-11-3-4-12(2)8(6-11)5-10-15(13,14)7-9/h8,10H,3-7H2,1-2H3. The monoisotopic (exact) mass is 299 g/mol.